The first-order chi connectivity index (χ1) is 10.7. The number of hydrogen-bond donors (Lipinski definition) is 1. The first kappa shape index (κ1) is 15.3. The highest BCUT2D eigenvalue weighted by Gasteiger charge is 2.24. The molecule has 2 aliphatic carbocycles. The topological polar surface area (TPSA) is 47.6 Å². The third-order valence-electron chi connectivity index (χ3n) is 4.35. The molecule has 1 atom stereocenters. The van der Waals surface area contributed by atoms with Crippen LogP contribution in [0.4, 0.5) is 5.69 Å². The predicted molar refractivity (Wildman–Crippen MR) is 86.1 cm³/mol. The molecule has 0 heterocycles. The van der Waals surface area contributed by atoms with Gasteiger partial charge in [0.05, 0.1) is 12.7 Å². The van der Waals surface area contributed by atoms with Crippen molar-refractivity contribution in [2.75, 3.05) is 11.9 Å². The Kier molecular flexibility index (Phi) is 4.98. The number of carbonyl (C=O) groups is 1. The second-order valence-electron chi connectivity index (χ2n) is 6.46. The molecule has 22 heavy (non-hydrogen) atoms. The van der Waals surface area contributed by atoms with Crippen molar-refractivity contribution in [1.82, 2.24) is 0 Å². The summed E-state index contributed by atoms with van der Waals surface area (Å²) >= 11 is 0. The maximum Gasteiger partial charge on any atom is 0.253 e. The zero-order valence-corrected chi connectivity index (χ0v) is 13.2. The smallest absolute Gasteiger partial charge is 0.253 e. The highest BCUT2D eigenvalue weighted by molar-refractivity contribution is 5.94. The lowest BCUT2D eigenvalue weighted by atomic mass is 10.2. The molecule has 0 saturated heterocycles. The van der Waals surface area contributed by atoms with E-state index in [9.17, 15) is 4.79 Å². The Hall–Kier alpha value is -1.55. The van der Waals surface area contributed by atoms with E-state index in [0.29, 0.717) is 18.6 Å². The van der Waals surface area contributed by atoms with Crippen LogP contribution in [0.25, 0.3) is 0 Å². The summed E-state index contributed by atoms with van der Waals surface area (Å²) in [7, 11) is 0. The van der Waals surface area contributed by atoms with Gasteiger partial charge in [0.2, 0.25) is 0 Å². The van der Waals surface area contributed by atoms with E-state index in [2.05, 4.69) is 5.32 Å². The van der Waals surface area contributed by atoms with Gasteiger partial charge in [-0.1, -0.05) is 6.07 Å². The lowest BCUT2D eigenvalue weighted by Crippen LogP contribution is -2.28. The van der Waals surface area contributed by atoms with Crippen LogP contribution in [0.5, 0.6) is 5.75 Å². The van der Waals surface area contributed by atoms with Gasteiger partial charge in [-0.15, -0.1) is 0 Å². The Balaban J connectivity index is 1.50. The van der Waals surface area contributed by atoms with Gasteiger partial charge in [-0.2, -0.15) is 0 Å². The molecule has 0 aliphatic heterocycles. The Labute approximate surface area is 132 Å². The molecule has 2 saturated carbocycles. The summed E-state index contributed by atoms with van der Waals surface area (Å²) in [5.74, 6) is 1.40. The third kappa shape index (κ3) is 4.47. The highest BCUT2D eigenvalue weighted by Crippen LogP contribution is 2.29. The van der Waals surface area contributed by atoms with E-state index in [-0.39, 0.29) is 5.91 Å². The SMILES string of the molecule is C[C@@H](OCC1CC1)C(=O)Nc1cccc(OC2CCCC2)c1. The van der Waals surface area contributed by atoms with Crippen LogP contribution < -0.4 is 10.1 Å². The zero-order chi connectivity index (χ0) is 15.4. The van der Waals surface area contributed by atoms with Gasteiger partial charge in [0.1, 0.15) is 11.9 Å². The number of hydrogen-bond acceptors (Lipinski definition) is 3. The minimum atomic E-state index is -0.417. The van der Waals surface area contributed by atoms with Gasteiger partial charge >= 0.3 is 0 Å². The van der Waals surface area contributed by atoms with Crippen molar-refractivity contribution in [1.29, 1.82) is 0 Å². The number of rotatable bonds is 7. The number of amides is 1. The van der Waals surface area contributed by atoms with Crippen molar-refractivity contribution in [2.45, 2.75) is 57.7 Å². The summed E-state index contributed by atoms with van der Waals surface area (Å²) in [5, 5.41) is 2.91. The van der Waals surface area contributed by atoms with Crippen LogP contribution >= 0.6 is 0 Å². The molecular formula is C18H25NO3. The van der Waals surface area contributed by atoms with Crippen molar-refractivity contribution in [3.05, 3.63) is 24.3 Å². The summed E-state index contributed by atoms with van der Waals surface area (Å²) in [6, 6.07) is 7.63. The maximum absolute atomic E-state index is 12.1. The summed E-state index contributed by atoms with van der Waals surface area (Å²) in [4.78, 5) is 12.1. The number of ether oxygens (including phenoxy) is 2. The molecule has 4 heteroatoms. The van der Waals surface area contributed by atoms with Crippen molar-refractivity contribution < 1.29 is 14.3 Å². The van der Waals surface area contributed by atoms with Crippen molar-refractivity contribution >= 4 is 11.6 Å². The Morgan fingerprint density at radius 2 is 2.05 bits per heavy atom. The molecule has 1 aromatic carbocycles. The van der Waals surface area contributed by atoms with Gasteiger partial charge in [0.25, 0.3) is 5.91 Å². The fourth-order valence-electron chi connectivity index (χ4n) is 2.73. The molecule has 1 N–H and O–H groups in total. The molecule has 1 amide bonds. The van der Waals surface area contributed by atoms with Gasteiger partial charge in [-0.05, 0) is 63.5 Å². The molecule has 1 aromatic rings. The molecule has 0 unspecified atom stereocenters. The van der Waals surface area contributed by atoms with E-state index in [1.54, 1.807) is 6.92 Å². The van der Waals surface area contributed by atoms with E-state index in [1.807, 2.05) is 24.3 Å². The van der Waals surface area contributed by atoms with Crippen LogP contribution in [-0.4, -0.2) is 24.7 Å². The van der Waals surface area contributed by atoms with Crippen LogP contribution in [0.3, 0.4) is 0 Å². The standard InChI is InChI=1S/C18H25NO3/c1-13(21-12-14-9-10-14)18(20)19-15-5-4-8-17(11-15)22-16-6-2-3-7-16/h4-5,8,11,13-14,16H,2-3,6-7,9-10,12H2,1H3,(H,19,20)/t13-/m1/s1. The number of anilines is 1. The molecule has 0 radical (unpaired) electrons. The number of nitrogens with one attached hydrogen (secondary N) is 1. The van der Waals surface area contributed by atoms with E-state index in [0.717, 1.165) is 24.3 Å². The molecule has 0 bridgehead atoms. The normalized spacial score (nSPS) is 19.9. The summed E-state index contributed by atoms with van der Waals surface area (Å²) < 4.78 is 11.6. The molecule has 0 spiro atoms. The summed E-state index contributed by atoms with van der Waals surface area (Å²) in [6.45, 7) is 2.50. The van der Waals surface area contributed by atoms with E-state index >= 15 is 0 Å². The third-order valence-corrected chi connectivity index (χ3v) is 4.35. The molecule has 3 rings (SSSR count). The molecule has 4 nitrogen and oxygen atoms in total. The quantitative estimate of drug-likeness (QED) is 0.834. The fraction of sp³-hybridized carbons (Fsp3) is 0.611. The largest absolute Gasteiger partial charge is 0.490 e. The van der Waals surface area contributed by atoms with Gasteiger partial charge in [0.15, 0.2) is 0 Å². The minimum Gasteiger partial charge on any atom is -0.490 e. The average molecular weight is 303 g/mol. The van der Waals surface area contributed by atoms with Gasteiger partial charge in [-0.25, -0.2) is 0 Å². The Morgan fingerprint density at radius 1 is 1.27 bits per heavy atom. The van der Waals surface area contributed by atoms with Crippen LogP contribution in [0, 0.1) is 5.92 Å². The lowest BCUT2D eigenvalue weighted by Gasteiger charge is -2.16. The van der Waals surface area contributed by atoms with Gasteiger partial charge < -0.3 is 14.8 Å². The van der Waals surface area contributed by atoms with Crippen LogP contribution in [0.2, 0.25) is 0 Å². The van der Waals surface area contributed by atoms with Crippen LogP contribution in [-0.2, 0) is 9.53 Å². The number of benzene rings is 1. The Bertz CT molecular complexity index is 507. The van der Waals surface area contributed by atoms with E-state index in [1.165, 1.54) is 25.7 Å². The summed E-state index contributed by atoms with van der Waals surface area (Å²) in [6.07, 6.45) is 7.12. The zero-order valence-electron chi connectivity index (χ0n) is 13.2. The highest BCUT2D eigenvalue weighted by atomic mass is 16.5. The average Bonchev–Trinajstić information content (AvgIpc) is 3.21. The molecule has 0 aromatic heterocycles. The summed E-state index contributed by atoms with van der Waals surface area (Å²) in [5.41, 5.74) is 0.766. The molecule has 2 aliphatic rings. The monoisotopic (exact) mass is 303 g/mol. The van der Waals surface area contributed by atoms with Gasteiger partial charge in [-0.3, -0.25) is 4.79 Å². The molecule has 2 fully saturated rings. The van der Waals surface area contributed by atoms with E-state index < -0.39 is 6.10 Å². The minimum absolute atomic E-state index is 0.0985. The molecule has 120 valence electrons. The van der Waals surface area contributed by atoms with Crippen molar-refractivity contribution in [3.8, 4) is 5.75 Å². The van der Waals surface area contributed by atoms with Crippen molar-refractivity contribution in [3.63, 3.8) is 0 Å². The Morgan fingerprint density at radius 3 is 2.77 bits per heavy atom. The van der Waals surface area contributed by atoms with Gasteiger partial charge in [0, 0.05) is 11.8 Å². The predicted octanol–water partition coefficient (Wildman–Crippen LogP) is 3.76. The molecular weight excluding hydrogens is 278 g/mol. The van der Waals surface area contributed by atoms with Crippen molar-refractivity contribution in [2.24, 2.45) is 5.92 Å². The first-order valence-electron chi connectivity index (χ1n) is 8.40. The fourth-order valence-corrected chi connectivity index (χ4v) is 2.73. The first-order valence-corrected chi connectivity index (χ1v) is 8.40. The second-order valence-corrected chi connectivity index (χ2v) is 6.46. The maximum atomic E-state index is 12.1. The van der Waals surface area contributed by atoms with E-state index in [4.69, 9.17) is 9.47 Å². The van der Waals surface area contributed by atoms with Crippen LogP contribution in [0.15, 0.2) is 24.3 Å². The van der Waals surface area contributed by atoms with Crippen LogP contribution in [0.1, 0.15) is 45.4 Å². The number of carbonyl (C=O) groups excluding carboxylic acids is 1. The lowest BCUT2D eigenvalue weighted by molar-refractivity contribution is -0.126. The second kappa shape index (κ2) is 7.14.